The second-order valence-corrected chi connectivity index (χ2v) is 7.86. The van der Waals surface area contributed by atoms with Crippen molar-refractivity contribution in [1.82, 2.24) is 14.8 Å². The molecule has 0 atom stereocenters. The maximum atomic E-state index is 13.9. The predicted octanol–water partition coefficient (Wildman–Crippen LogP) is 3.50. The molecule has 0 unspecified atom stereocenters. The maximum Gasteiger partial charge on any atom is 0.316 e. The molecular formula is C21H23FN6O2S. The molecule has 1 aliphatic carbocycles. The zero-order valence-electron chi connectivity index (χ0n) is 16.8. The fraction of sp³-hybridized carbons (Fsp3) is 0.286. The SMILES string of the molecule is NC(=O)Nc1c(-c2ccncc2F)ccc2c1CCC2.NSc1cnn2c1OCCC2. The van der Waals surface area contributed by atoms with Gasteiger partial charge in [0.25, 0.3) is 0 Å². The van der Waals surface area contributed by atoms with E-state index in [-0.39, 0.29) is 0 Å². The standard InChI is InChI=1S/C15H14FN3O.C6H9N3OS/c16-13-8-18-7-6-11(13)12-5-4-9-2-1-3-10(9)14(12)19-15(17)20;7-11-5-4-8-9-2-1-3-10-6(5)9/h4-8H,1-3H2,(H3,17,19,20);4H,1-3,7H2. The Kier molecular flexibility index (Phi) is 6.38. The van der Waals surface area contributed by atoms with Crippen LogP contribution in [0.5, 0.6) is 5.88 Å². The number of nitrogens with zero attached hydrogens (tertiary/aromatic N) is 3. The minimum Gasteiger partial charge on any atom is -0.477 e. The number of primary amides is 1. The highest BCUT2D eigenvalue weighted by molar-refractivity contribution is 7.97. The van der Waals surface area contributed by atoms with E-state index >= 15 is 0 Å². The van der Waals surface area contributed by atoms with Gasteiger partial charge in [-0.2, -0.15) is 5.10 Å². The van der Waals surface area contributed by atoms with Crippen molar-refractivity contribution >= 4 is 23.7 Å². The zero-order valence-corrected chi connectivity index (χ0v) is 17.6. The van der Waals surface area contributed by atoms with Gasteiger partial charge in [-0.3, -0.25) is 10.1 Å². The van der Waals surface area contributed by atoms with Gasteiger partial charge < -0.3 is 15.8 Å². The highest BCUT2D eigenvalue weighted by atomic mass is 32.2. The Morgan fingerprint density at radius 1 is 1.19 bits per heavy atom. The summed E-state index contributed by atoms with van der Waals surface area (Å²) < 4.78 is 21.2. The summed E-state index contributed by atoms with van der Waals surface area (Å²) in [5.74, 6) is 0.404. The van der Waals surface area contributed by atoms with Crippen molar-refractivity contribution in [3.8, 4) is 17.0 Å². The maximum absolute atomic E-state index is 13.9. The van der Waals surface area contributed by atoms with Crippen molar-refractivity contribution in [2.75, 3.05) is 11.9 Å². The molecule has 0 saturated carbocycles. The molecular weight excluding hydrogens is 419 g/mol. The van der Waals surface area contributed by atoms with Gasteiger partial charge in [0.1, 0.15) is 10.7 Å². The van der Waals surface area contributed by atoms with Gasteiger partial charge in [0, 0.05) is 30.3 Å². The van der Waals surface area contributed by atoms with Crippen molar-refractivity contribution in [2.24, 2.45) is 10.9 Å². The Labute approximate surface area is 183 Å². The van der Waals surface area contributed by atoms with Crippen LogP contribution in [0, 0.1) is 5.82 Å². The summed E-state index contributed by atoms with van der Waals surface area (Å²) in [5, 5.41) is 12.2. The molecule has 0 spiro atoms. The number of carbonyl (C=O) groups is 1. The monoisotopic (exact) mass is 442 g/mol. The van der Waals surface area contributed by atoms with Gasteiger partial charge in [-0.1, -0.05) is 12.1 Å². The first-order valence-corrected chi connectivity index (χ1v) is 10.8. The van der Waals surface area contributed by atoms with Crippen molar-refractivity contribution in [3.05, 3.63) is 53.7 Å². The number of aromatic nitrogens is 3. The van der Waals surface area contributed by atoms with E-state index in [0.717, 1.165) is 61.4 Å². The number of halogens is 1. The molecule has 3 aromatic rings. The smallest absolute Gasteiger partial charge is 0.316 e. The number of ether oxygens (including phenoxy) is 1. The van der Waals surface area contributed by atoms with Crippen LogP contribution in [0.3, 0.4) is 0 Å². The number of fused-ring (bicyclic) bond motifs is 2. The van der Waals surface area contributed by atoms with Crippen molar-refractivity contribution in [3.63, 3.8) is 0 Å². The second kappa shape index (κ2) is 9.36. The lowest BCUT2D eigenvalue weighted by atomic mass is 9.97. The quantitative estimate of drug-likeness (QED) is 0.534. The van der Waals surface area contributed by atoms with Crippen LogP contribution in [-0.2, 0) is 19.4 Å². The van der Waals surface area contributed by atoms with E-state index in [0.29, 0.717) is 16.8 Å². The number of anilines is 1. The van der Waals surface area contributed by atoms with E-state index in [1.165, 1.54) is 23.7 Å². The molecule has 2 aliphatic rings. The molecule has 0 radical (unpaired) electrons. The average Bonchev–Trinajstić information content (AvgIpc) is 3.42. The number of urea groups is 1. The summed E-state index contributed by atoms with van der Waals surface area (Å²) >= 11 is 1.18. The van der Waals surface area contributed by atoms with E-state index in [2.05, 4.69) is 15.4 Å². The third kappa shape index (κ3) is 4.49. The largest absolute Gasteiger partial charge is 0.477 e. The number of nitrogens with two attached hydrogens (primary N) is 2. The molecule has 3 heterocycles. The number of hydrogen-bond acceptors (Lipinski definition) is 6. The first-order chi connectivity index (χ1) is 15.1. The summed E-state index contributed by atoms with van der Waals surface area (Å²) in [4.78, 5) is 15.9. The number of nitrogens with one attached hydrogen (secondary N) is 1. The van der Waals surface area contributed by atoms with Gasteiger partial charge in [0.05, 0.1) is 24.7 Å². The fourth-order valence-electron chi connectivity index (χ4n) is 3.88. The summed E-state index contributed by atoms with van der Waals surface area (Å²) in [7, 11) is 0. The van der Waals surface area contributed by atoms with Crippen LogP contribution >= 0.6 is 11.9 Å². The fourth-order valence-corrected chi connectivity index (χ4v) is 4.25. The zero-order chi connectivity index (χ0) is 21.8. The minimum absolute atomic E-state index is 0.415. The summed E-state index contributed by atoms with van der Waals surface area (Å²) in [6, 6.07) is 4.77. The van der Waals surface area contributed by atoms with E-state index in [1.807, 2.05) is 16.8 Å². The first-order valence-electron chi connectivity index (χ1n) is 9.95. The average molecular weight is 443 g/mol. The Morgan fingerprint density at radius 3 is 2.84 bits per heavy atom. The number of benzene rings is 1. The molecule has 1 aliphatic heterocycles. The van der Waals surface area contributed by atoms with Gasteiger partial charge in [-0.25, -0.2) is 13.9 Å². The minimum atomic E-state index is -0.638. The van der Waals surface area contributed by atoms with Gasteiger partial charge in [-0.15, -0.1) is 0 Å². The van der Waals surface area contributed by atoms with Crippen molar-refractivity contribution < 1.29 is 13.9 Å². The van der Waals surface area contributed by atoms with Gasteiger partial charge in [-0.05, 0) is 48.4 Å². The molecule has 5 rings (SSSR count). The molecule has 0 bridgehead atoms. The van der Waals surface area contributed by atoms with Crippen LogP contribution in [0.4, 0.5) is 14.9 Å². The van der Waals surface area contributed by atoms with Crippen LogP contribution in [0.1, 0.15) is 24.0 Å². The third-order valence-corrected chi connectivity index (χ3v) is 5.77. The topological polar surface area (TPSA) is 121 Å². The molecule has 0 fully saturated rings. The number of rotatable bonds is 3. The number of amides is 2. The predicted molar refractivity (Wildman–Crippen MR) is 117 cm³/mol. The number of hydrogen-bond donors (Lipinski definition) is 3. The molecule has 1 aromatic carbocycles. The molecule has 5 N–H and O–H groups in total. The van der Waals surface area contributed by atoms with Gasteiger partial charge in [0.2, 0.25) is 5.88 Å². The van der Waals surface area contributed by atoms with Crippen LogP contribution in [0.25, 0.3) is 11.1 Å². The van der Waals surface area contributed by atoms with Gasteiger partial charge in [0.15, 0.2) is 0 Å². The van der Waals surface area contributed by atoms with Crippen molar-refractivity contribution in [2.45, 2.75) is 37.1 Å². The molecule has 10 heteroatoms. The number of pyridine rings is 1. The van der Waals surface area contributed by atoms with Crippen molar-refractivity contribution in [1.29, 1.82) is 0 Å². The van der Waals surface area contributed by atoms with Crippen LogP contribution in [-0.4, -0.2) is 27.4 Å². The first kappa shape index (κ1) is 21.1. The normalized spacial score (nSPS) is 14.0. The number of carbonyl (C=O) groups excluding carboxylic acids is 1. The lowest BCUT2D eigenvalue weighted by molar-refractivity contribution is 0.225. The highest BCUT2D eigenvalue weighted by Gasteiger charge is 2.21. The lowest BCUT2D eigenvalue weighted by Gasteiger charge is -2.15. The Bertz CT molecular complexity index is 1090. The van der Waals surface area contributed by atoms with Crippen LogP contribution < -0.4 is 20.9 Å². The number of aryl methyl sites for hydroxylation is 2. The van der Waals surface area contributed by atoms with Gasteiger partial charge >= 0.3 is 6.03 Å². The molecule has 2 amide bonds. The third-order valence-electron chi connectivity index (χ3n) is 5.23. The Hall–Kier alpha value is -3.11. The second-order valence-electron chi connectivity index (χ2n) is 7.18. The van der Waals surface area contributed by atoms with Crippen LogP contribution in [0.2, 0.25) is 0 Å². The molecule has 31 heavy (non-hydrogen) atoms. The summed E-state index contributed by atoms with van der Waals surface area (Å²) in [6.45, 7) is 1.72. The summed E-state index contributed by atoms with van der Waals surface area (Å²) in [5.41, 5.74) is 9.17. The molecule has 8 nitrogen and oxygen atoms in total. The summed E-state index contributed by atoms with van der Waals surface area (Å²) in [6.07, 6.45) is 8.34. The van der Waals surface area contributed by atoms with Crippen LogP contribution in [0.15, 0.2) is 41.7 Å². The molecule has 2 aromatic heterocycles. The Morgan fingerprint density at radius 2 is 2.06 bits per heavy atom. The lowest BCUT2D eigenvalue weighted by Crippen LogP contribution is -2.21. The molecule has 162 valence electrons. The highest BCUT2D eigenvalue weighted by Crippen LogP contribution is 2.38. The van der Waals surface area contributed by atoms with E-state index < -0.39 is 11.8 Å². The molecule has 0 saturated heterocycles. The van der Waals surface area contributed by atoms with E-state index in [9.17, 15) is 9.18 Å². The van der Waals surface area contributed by atoms with E-state index in [1.54, 1.807) is 12.3 Å². The Balaban J connectivity index is 0.000000177. The van der Waals surface area contributed by atoms with E-state index in [4.69, 9.17) is 15.6 Å².